The van der Waals surface area contributed by atoms with Crippen molar-refractivity contribution in [1.82, 2.24) is 0 Å². The normalized spacial score (nSPS) is 18.0. The predicted octanol–water partition coefficient (Wildman–Crippen LogP) is 1.53. The number of benzene rings is 1. The summed E-state index contributed by atoms with van der Waals surface area (Å²) in [7, 11) is 0. The Morgan fingerprint density at radius 2 is 2.07 bits per heavy atom. The number of phenols is 1. The molecule has 1 aromatic rings. The monoisotopic (exact) mass is 192 g/mol. The average Bonchev–Trinajstić information content (AvgIpc) is 2.09. The maximum Gasteiger partial charge on any atom is 0.249 e. The zero-order chi connectivity index (χ0) is 10.3. The van der Waals surface area contributed by atoms with Gasteiger partial charge < -0.3 is 15.7 Å². The standard InChI is InChI=1S/C10H12N2O2/c1-10(2)9(14)11-6-4-3-5-7(13)8(6)12-10/h3-5,12-13H,1-2H3,(H,11,14). The van der Waals surface area contributed by atoms with E-state index in [1.54, 1.807) is 32.0 Å². The van der Waals surface area contributed by atoms with Gasteiger partial charge in [0.25, 0.3) is 0 Å². The summed E-state index contributed by atoms with van der Waals surface area (Å²) in [5.41, 5.74) is 0.512. The summed E-state index contributed by atoms with van der Waals surface area (Å²) in [5.74, 6) is 0.0474. The fraction of sp³-hybridized carbons (Fsp3) is 0.300. The summed E-state index contributed by atoms with van der Waals surface area (Å²) in [6.07, 6.45) is 0. The van der Waals surface area contributed by atoms with Gasteiger partial charge in [-0.05, 0) is 26.0 Å². The minimum absolute atomic E-state index is 0.101. The molecule has 4 heteroatoms. The Bertz CT molecular complexity index is 399. The average molecular weight is 192 g/mol. The fourth-order valence-electron chi connectivity index (χ4n) is 1.42. The Morgan fingerprint density at radius 3 is 2.79 bits per heavy atom. The molecule has 0 aliphatic carbocycles. The molecular formula is C10H12N2O2. The number of phenolic OH excluding ortho intramolecular Hbond substituents is 1. The zero-order valence-corrected chi connectivity index (χ0v) is 8.09. The van der Waals surface area contributed by atoms with Crippen molar-refractivity contribution < 1.29 is 9.90 Å². The van der Waals surface area contributed by atoms with Crippen molar-refractivity contribution in [2.24, 2.45) is 0 Å². The first-order chi connectivity index (χ1) is 6.50. The number of hydrogen-bond acceptors (Lipinski definition) is 3. The first kappa shape index (κ1) is 8.87. The number of para-hydroxylation sites is 1. The molecule has 0 bridgehead atoms. The lowest BCUT2D eigenvalue weighted by Gasteiger charge is -2.32. The minimum atomic E-state index is -0.689. The summed E-state index contributed by atoms with van der Waals surface area (Å²) in [5, 5.41) is 15.3. The number of rotatable bonds is 0. The second-order valence-corrected chi connectivity index (χ2v) is 3.90. The van der Waals surface area contributed by atoms with E-state index in [4.69, 9.17) is 0 Å². The summed E-state index contributed by atoms with van der Waals surface area (Å²) >= 11 is 0. The van der Waals surface area contributed by atoms with Crippen LogP contribution in [0, 0.1) is 0 Å². The van der Waals surface area contributed by atoms with Crippen molar-refractivity contribution in [3.63, 3.8) is 0 Å². The highest BCUT2D eigenvalue weighted by molar-refractivity contribution is 6.06. The molecule has 0 unspecified atom stereocenters. The van der Waals surface area contributed by atoms with Crippen molar-refractivity contribution >= 4 is 17.3 Å². The fourth-order valence-corrected chi connectivity index (χ4v) is 1.42. The Morgan fingerprint density at radius 1 is 1.36 bits per heavy atom. The lowest BCUT2D eigenvalue weighted by Crippen LogP contribution is -2.47. The zero-order valence-electron chi connectivity index (χ0n) is 8.09. The second-order valence-electron chi connectivity index (χ2n) is 3.90. The Labute approximate surface area is 81.9 Å². The third-order valence-corrected chi connectivity index (χ3v) is 2.30. The van der Waals surface area contributed by atoms with E-state index in [2.05, 4.69) is 10.6 Å². The van der Waals surface area contributed by atoms with Crippen LogP contribution in [0.1, 0.15) is 13.8 Å². The molecule has 4 nitrogen and oxygen atoms in total. The molecule has 1 amide bonds. The Balaban J connectivity index is 2.51. The highest BCUT2D eigenvalue weighted by atomic mass is 16.3. The van der Waals surface area contributed by atoms with Crippen LogP contribution in [-0.2, 0) is 4.79 Å². The highest BCUT2D eigenvalue weighted by Crippen LogP contribution is 2.37. The molecule has 0 aromatic heterocycles. The van der Waals surface area contributed by atoms with E-state index >= 15 is 0 Å². The molecule has 74 valence electrons. The first-order valence-corrected chi connectivity index (χ1v) is 4.42. The lowest BCUT2D eigenvalue weighted by molar-refractivity contribution is -0.119. The number of fused-ring (bicyclic) bond motifs is 1. The number of aromatic hydroxyl groups is 1. The second kappa shape index (κ2) is 2.64. The van der Waals surface area contributed by atoms with Crippen LogP contribution in [0.15, 0.2) is 18.2 Å². The molecule has 2 rings (SSSR count). The third-order valence-electron chi connectivity index (χ3n) is 2.30. The lowest BCUT2D eigenvalue weighted by atomic mass is 10.00. The molecule has 1 aromatic carbocycles. The number of anilines is 2. The number of carbonyl (C=O) groups is 1. The number of amides is 1. The van der Waals surface area contributed by atoms with E-state index in [9.17, 15) is 9.90 Å². The van der Waals surface area contributed by atoms with Gasteiger partial charge in [0, 0.05) is 0 Å². The molecule has 0 radical (unpaired) electrons. The van der Waals surface area contributed by atoms with Crippen LogP contribution in [0.25, 0.3) is 0 Å². The van der Waals surface area contributed by atoms with E-state index < -0.39 is 5.54 Å². The van der Waals surface area contributed by atoms with Gasteiger partial charge in [-0.2, -0.15) is 0 Å². The Kier molecular flexibility index (Phi) is 1.67. The number of hydrogen-bond donors (Lipinski definition) is 3. The van der Waals surface area contributed by atoms with Crippen LogP contribution in [0.4, 0.5) is 11.4 Å². The van der Waals surface area contributed by atoms with Crippen LogP contribution >= 0.6 is 0 Å². The predicted molar refractivity (Wildman–Crippen MR) is 54.4 cm³/mol. The molecular weight excluding hydrogens is 180 g/mol. The summed E-state index contributed by atoms with van der Waals surface area (Å²) in [6.45, 7) is 3.52. The minimum Gasteiger partial charge on any atom is -0.506 e. The van der Waals surface area contributed by atoms with Gasteiger partial charge in [-0.25, -0.2) is 0 Å². The SMILES string of the molecule is CC1(C)Nc2c(O)cccc2NC1=O. The van der Waals surface area contributed by atoms with Gasteiger partial charge in [0.1, 0.15) is 17.0 Å². The topological polar surface area (TPSA) is 61.4 Å². The van der Waals surface area contributed by atoms with Gasteiger partial charge in [0.2, 0.25) is 5.91 Å². The van der Waals surface area contributed by atoms with Crippen molar-refractivity contribution in [2.45, 2.75) is 19.4 Å². The molecule has 0 atom stereocenters. The summed E-state index contributed by atoms with van der Waals surface area (Å²) in [4.78, 5) is 11.5. The molecule has 0 fully saturated rings. The smallest absolute Gasteiger partial charge is 0.249 e. The quantitative estimate of drug-likeness (QED) is 0.546. The van der Waals surface area contributed by atoms with E-state index in [1.165, 1.54) is 0 Å². The molecule has 1 heterocycles. The van der Waals surface area contributed by atoms with Gasteiger partial charge >= 0.3 is 0 Å². The third kappa shape index (κ3) is 1.19. The van der Waals surface area contributed by atoms with E-state index in [-0.39, 0.29) is 11.7 Å². The number of carbonyl (C=O) groups excluding carboxylic acids is 1. The molecule has 0 saturated carbocycles. The van der Waals surface area contributed by atoms with Gasteiger partial charge in [0.05, 0.1) is 5.69 Å². The summed E-state index contributed by atoms with van der Waals surface area (Å²) in [6, 6.07) is 5.02. The molecule has 0 spiro atoms. The van der Waals surface area contributed by atoms with Crippen LogP contribution < -0.4 is 10.6 Å². The molecule has 1 aliphatic rings. The van der Waals surface area contributed by atoms with E-state index in [0.29, 0.717) is 11.4 Å². The maximum atomic E-state index is 11.5. The summed E-state index contributed by atoms with van der Waals surface area (Å²) < 4.78 is 0. The highest BCUT2D eigenvalue weighted by Gasteiger charge is 2.33. The van der Waals surface area contributed by atoms with E-state index in [0.717, 1.165) is 0 Å². The largest absolute Gasteiger partial charge is 0.506 e. The number of nitrogens with one attached hydrogen (secondary N) is 2. The first-order valence-electron chi connectivity index (χ1n) is 4.42. The van der Waals surface area contributed by atoms with Crippen molar-refractivity contribution in [1.29, 1.82) is 0 Å². The molecule has 14 heavy (non-hydrogen) atoms. The van der Waals surface area contributed by atoms with Crippen molar-refractivity contribution in [3.8, 4) is 5.75 Å². The van der Waals surface area contributed by atoms with Crippen LogP contribution in [0.2, 0.25) is 0 Å². The van der Waals surface area contributed by atoms with Gasteiger partial charge in [-0.3, -0.25) is 4.79 Å². The maximum absolute atomic E-state index is 11.5. The molecule has 1 aliphatic heterocycles. The van der Waals surface area contributed by atoms with Gasteiger partial charge in [-0.1, -0.05) is 6.07 Å². The molecule has 0 saturated heterocycles. The van der Waals surface area contributed by atoms with Crippen LogP contribution in [0.3, 0.4) is 0 Å². The Hall–Kier alpha value is -1.71. The van der Waals surface area contributed by atoms with E-state index in [1.807, 2.05) is 0 Å². The van der Waals surface area contributed by atoms with Crippen LogP contribution in [-0.4, -0.2) is 16.6 Å². The van der Waals surface area contributed by atoms with Gasteiger partial charge in [-0.15, -0.1) is 0 Å². The van der Waals surface area contributed by atoms with Crippen molar-refractivity contribution in [2.75, 3.05) is 10.6 Å². The molecule has 3 N–H and O–H groups in total. The van der Waals surface area contributed by atoms with Gasteiger partial charge in [0.15, 0.2) is 0 Å². The van der Waals surface area contributed by atoms with Crippen LogP contribution in [0.5, 0.6) is 5.75 Å². The van der Waals surface area contributed by atoms with Crippen molar-refractivity contribution in [3.05, 3.63) is 18.2 Å².